The molecule has 0 unspecified atom stereocenters. The third-order valence-electron chi connectivity index (χ3n) is 3.20. The molecular formula is C18H20N2O2. The monoisotopic (exact) mass is 296 g/mol. The molecule has 0 aromatic heterocycles. The van der Waals surface area contributed by atoms with Gasteiger partial charge in [-0.3, -0.25) is 9.59 Å². The summed E-state index contributed by atoms with van der Waals surface area (Å²) in [6.45, 7) is 1.92. The lowest BCUT2D eigenvalue weighted by atomic mass is 10.1. The first-order valence-corrected chi connectivity index (χ1v) is 7.41. The molecule has 0 radical (unpaired) electrons. The standard InChI is InChI=1S/C18H20N2O2/c1-2-6-17(21)19-13-18(22)20-16-11-9-15(10-12-16)14-7-4-3-5-8-14/h3-5,7-12H,2,6,13H2,1H3,(H,19,21)(H,20,22). The Labute approximate surface area is 130 Å². The van der Waals surface area contributed by atoms with Crippen molar-refractivity contribution in [3.8, 4) is 11.1 Å². The molecule has 4 nitrogen and oxygen atoms in total. The lowest BCUT2D eigenvalue weighted by molar-refractivity contribution is -0.124. The summed E-state index contributed by atoms with van der Waals surface area (Å²) in [6, 6.07) is 17.7. The maximum absolute atomic E-state index is 11.8. The summed E-state index contributed by atoms with van der Waals surface area (Å²) in [7, 11) is 0. The van der Waals surface area contributed by atoms with Crippen LogP contribution < -0.4 is 10.6 Å². The van der Waals surface area contributed by atoms with Gasteiger partial charge in [0.1, 0.15) is 0 Å². The van der Waals surface area contributed by atoms with Crippen molar-refractivity contribution in [2.24, 2.45) is 0 Å². The normalized spacial score (nSPS) is 10.0. The zero-order chi connectivity index (χ0) is 15.8. The summed E-state index contributed by atoms with van der Waals surface area (Å²) >= 11 is 0. The predicted molar refractivity (Wildman–Crippen MR) is 88.4 cm³/mol. The second kappa shape index (κ2) is 7.98. The van der Waals surface area contributed by atoms with E-state index in [4.69, 9.17) is 0 Å². The van der Waals surface area contributed by atoms with E-state index in [1.807, 2.05) is 61.5 Å². The summed E-state index contributed by atoms with van der Waals surface area (Å²) in [5.74, 6) is -0.325. The molecule has 0 saturated carbocycles. The number of carbonyl (C=O) groups excluding carboxylic acids is 2. The molecule has 0 atom stereocenters. The van der Waals surface area contributed by atoms with Crippen LogP contribution >= 0.6 is 0 Å². The lowest BCUT2D eigenvalue weighted by Gasteiger charge is -2.08. The van der Waals surface area contributed by atoms with E-state index in [9.17, 15) is 9.59 Å². The Hall–Kier alpha value is -2.62. The van der Waals surface area contributed by atoms with Gasteiger partial charge in [-0.1, -0.05) is 49.4 Å². The van der Waals surface area contributed by atoms with Crippen molar-refractivity contribution in [2.45, 2.75) is 19.8 Å². The van der Waals surface area contributed by atoms with Gasteiger partial charge in [-0.25, -0.2) is 0 Å². The third-order valence-corrected chi connectivity index (χ3v) is 3.20. The average molecular weight is 296 g/mol. The van der Waals surface area contributed by atoms with Gasteiger partial charge < -0.3 is 10.6 Å². The highest BCUT2D eigenvalue weighted by Gasteiger charge is 2.05. The van der Waals surface area contributed by atoms with Gasteiger partial charge in [-0.2, -0.15) is 0 Å². The smallest absolute Gasteiger partial charge is 0.243 e. The molecule has 0 aliphatic rings. The second-order valence-corrected chi connectivity index (χ2v) is 5.02. The van der Waals surface area contributed by atoms with Gasteiger partial charge in [0.05, 0.1) is 6.54 Å². The summed E-state index contributed by atoms with van der Waals surface area (Å²) < 4.78 is 0. The van der Waals surface area contributed by atoms with Gasteiger partial charge in [-0.05, 0) is 29.7 Å². The fourth-order valence-corrected chi connectivity index (χ4v) is 2.08. The van der Waals surface area contributed by atoms with Gasteiger partial charge >= 0.3 is 0 Å². The van der Waals surface area contributed by atoms with E-state index in [-0.39, 0.29) is 18.4 Å². The van der Waals surface area contributed by atoms with Crippen molar-refractivity contribution < 1.29 is 9.59 Å². The van der Waals surface area contributed by atoms with Crippen LogP contribution in [0.5, 0.6) is 0 Å². The largest absolute Gasteiger partial charge is 0.347 e. The number of carbonyl (C=O) groups is 2. The number of hydrogen-bond acceptors (Lipinski definition) is 2. The third kappa shape index (κ3) is 4.74. The minimum Gasteiger partial charge on any atom is -0.347 e. The fourth-order valence-electron chi connectivity index (χ4n) is 2.08. The number of amides is 2. The number of hydrogen-bond donors (Lipinski definition) is 2. The number of rotatable bonds is 6. The molecule has 0 aliphatic carbocycles. The van der Waals surface area contributed by atoms with Crippen LogP contribution in [-0.4, -0.2) is 18.4 Å². The average Bonchev–Trinajstić information content (AvgIpc) is 2.55. The van der Waals surface area contributed by atoms with Crippen LogP contribution in [0.2, 0.25) is 0 Å². The maximum atomic E-state index is 11.8. The number of nitrogens with one attached hydrogen (secondary N) is 2. The van der Waals surface area contributed by atoms with E-state index in [1.54, 1.807) is 0 Å². The molecule has 4 heteroatoms. The Bertz CT molecular complexity index is 621. The zero-order valence-corrected chi connectivity index (χ0v) is 12.6. The first kappa shape index (κ1) is 15.8. The summed E-state index contributed by atoms with van der Waals surface area (Å²) in [4.78, 5) is 23.1. The van der Waals surface area contributed by atoms with E-state index in [1.165, 1.54) is 0 Å². The molecule has 114 valence electrons. The van der Waals surface area contributed by atoms with Crippen molar-refractivity contribution in [3.63, 3.8) is 0 Å². The predicted octanol–water partition coefficient (Wildman–Crippen LogP) is 3.21. The molecule has 2 rings (SSSR count). The minimum absolute atomic E-state index is 0.000724. The molecule has 0 saturated heterocycles. The van der Waals surface area contributed by atoms with Crippen molar-refractivity contribution in [3.05, 3.63) is 54.6 Å². The van der Waals surface area contributed by atoms with Crippen molar-refractivity contribution >= 4 is 17.5 Å². The summed E-state index contributed by atoms with van der Waals surface area (Å²) in [6.07, 6.45) is 1.22. The van der Waals surface area contributed by atoms with Gasteiger partial charge in [-0.15, -0.1) is 0 Å². The first-order chi connectivity index (χ1) is 10.7. The minimum atomic E-state index is -0.225. The molecule has 2 amide bonds. The number of anilines is 1. The molecule has 0 fully saturated rings. The van der Waals surface area contributed by atoms with Crippen LogP contribution in [-0.2, 0) is 9.59 Å². The zero-order valence-electron chi connectivity index (χ0n) is 12.6. The Kier molecular flexibility index (Phi) is 5.72. The molecule has 22 heavy (non-hydrogen) atoms. The van der Waals surface area contributed by atoms with Crippen LogP contribution in [0.15, 0.2) is 54.6 Å². The number of benzene rings is 2. The van der Waals surface area contributed by atoms with Crippen LogP contribution in [0.1, 0.15) is 19.8 Å². The first-order valence-electron chi connectivity index (χ1n) is 7.41. The van der Waals surface area contributed by atoms with E-state index in [0.29, 0.717) is 6.42 Å². The quantitative estimate of drug-likeness (QED) is 0.860. The van der Waals surface area contributed by atoms with E-state index in [2.05, 4.69) is 10.6 Å². The lowest BCUT2D eigenvalue weighted by Crippen LogP contribution is -2.32. The van der Waals surface area contributed by atoms with Crippen molar-refractivity contribution in [1.29, 1.82) is 0 Å². The molecule has 0 heterocycles. The molecule has 0 aliphatic heterocycles. The Balaban J connectivity index is 1.89. The van der Waals surface area contributed by atoms with Gasteiger partial charge in [0, 0.05) is 12.1 Å². The van der Waals surface area contributed by atoms with Crippen molar-refractivity contribution in [1.82, 2.24) is 5.32 Å². The summed E-state index contributed by atoms with van der Waals surface area (Å²) in [5.41, 5.74) is 2.94. The van der Waals surface area contributed by atoms with Crippen LogP contribution in [0.4, 0.5) is 5.69 Å². The van der Waals surface area contributed by atoms with Gasteiger partial charge in [0.25, 0.3) is 0 Å². The maximum Gasteiger partial charge on any atom is 0.243 e. The molecule has 2 aromatic carbocycles. The Morgan fingerprint density at radius 1 is 0.864 bits per heavy atom. The molecule has 2 N–H and O–H groups in total. The topological polar surface area (TPSA) is 58.2 Å². The fraction of sp³-hybridized carbons (Fsp3) is 0.222. The van der Waals surface area contributed by atoms with E-state index >= 15 is 0 Å². The van der Waals surface area contributed by atoms with Crippen LogP contribution in [0.3, 0.4) is 0 Å². The van der Waals surface area contributed by atoms with Crippen LogP contribution in [0.25, 0.3) is 11.1 Å². The van der Waals surface area contributed by atoms with Crippen molar-refractivity contribution in [2.75, 3.05) is 11.9 Å². The van der Waals surface area contributed by atoms with Crippen LogP contribution in [0, 0.1) is 0 Å². The SMILES string of the molecule is CCCC(=O)NCC(=O)Nc1ccc(-c2ccccc2)cc1. The molecule has 0 spiro atoms. The molecular weight excluding hydrogens is 276 g/mol. The molecule has 2 aromatic rings. The highest BCUT2D eigenvalue weighted by atomic mass is 16.2. The molecule has 0 bridgehead atoms. The highest BCUT2D eigenvalue weighted by Crippen LogP contribution is 2.20. The highest BCUT2D eigenvalue weighted by molar-refractivity contribution is 5.94. The van der Waals surface area contributed by atoms with E-state index in [0.717, 1.165) is 23.2 Å². The Morgan fingerprint density at radius 2 is 1.50 bits per heavy atom. The summed E-state index contributed by atoms with van der Waals surface area (Å²) in [5, 5.41) is 5.35. The van der Waals surface area contributed by atoms with Gasteiger partial charge in [0.15, 0.2) is 0 Å². The van der Waals surface area contributed by atoms with E-state index < -0.39 is 0 Å². The Morgan fingerprint density at radius 3 is 2.14 bits per heavy atom. The second-order valence-electron chi connectivity index (χ2n) is 5.02. The van der Waals surface area contributed by atoms with Gasteiger partial charge in [0.2, 0.25) is 11.8 Å².